The predicted molar refractivity (Wildman–Crippen MR) is 93.2 cm³/mol. The Morgan fingerprint density at radius 2 is 0.857 bits per heavy atom. The van der Waals surface area contributed by atoms with Crippen molar-refractivity contribution in [3.05, 3.63) is 0 Å². The molecule has 1 nitrogen and oxygen atoms in total. The molecule has 0 fully saturated rings. The molecule has 0 bridgehead atoms. The van der Waals surface area contributed by atoms with Crippen LogP contribution in [-0.2, 0) is 0 Å². The minimum absolute atomic E-state index is 0. The van der Waals surface area contributed by atoms with Crippen molar-refractivity contribution in [2.75, 3.05) is 27.2 Å². The molecule has 0 aromatic heterocycles. The van der Waals surface area contributed by atoms with Gasteiger partial charge in [-0.25, -0.2) is 0 Å². The van der Waals surface area contributed by atoms with Gasteiger partial charge < -0.3 is 16.9 Å². The summed E-state index contributed by atoms with van der Waals surface area (Å²) in [7, 11) is 4.75. The molecule has 0 saturated heterocycles. The molecular formula is C19H42ClN. The third-order valence-electron chi connectivity index (χ3n) is 4.45. The number of hydrogen-bond acceptors (Lipinski definition) is 0. The van der Waals surface area contributed by atoms with E-state index in [-0.39, 0.29) is 12.4 Å². The van der Waals surface area contributed by atoms with Crippen LogP contribution in [0.4, 0.5) is 0 Å². The van der Waals surface area contributed by atoms with Crippen LogP contribution in [-0.4, -0.2) is 31.7 Å². The third kappa shape index (κ3) is 18.2. The van der Waals surface area contributed by atoms with E-state index in [0.29, 0.717) is 0 Å². The summed E-state index contributed by atoms with van der Waals surface area (Å²) in [5, 5.41) is 0. The van der Waals surface area contributed by atoms with Crippen LogP contribution >= 0.6 is 0 Å². The van der Waals surface area contributed by atoms with Crippen LogP contribution in [0.15, 0.2) is 0 Å². The molecule has 130 valence electrons. The number of quaternary nitrogens is 1. The van der Waals surface area contributed by atoms with Crippen molar-refractivity contribution < 1.29 is 16.9 Å². The number of unbranched alkanes of at least 4 members (excludes halogenated alkanes) is 11. The van der Waals surface area contributed by atoms with E-state index in [2.05, 4.69) is 27.9 Å². The van der Waals surface area contributed by atoms with Crippen LogP contribution in [0.5, 0.6) is 0 Å². The second-order valence-corrected chi connectivity index (χ2v) is 7.27. The lowest BCUT2D eigenvalue weighted by atomic mass is 10.1. The summed E-state index contributed by atoms with van der Waals surface area (Å²) in [6, 6.07) is 0. The molecular weight excluding hydrogens is 278 g/mol. The molecule has 0 aliphatic carbocycles. The van der Waals surface area contributed by atoms with Gasteiger partial charge in [0.1, 0.15) is 0 Å². The first-order valence-corrected chi connectivity index (χ1v) is 9.44. The van der Waals surface area contributed by atoms with Crippen molar-refractivity contribution in [1.29, 1.82) is 0 Å². The zero-order valence-corrected chi connectivity index (χ0v) is 16.2. The van der Waals surface area contributed by atoms with E-state index in [9.17, 15) is 0 Å². The third-order valence-corrected chi connectivity index (χ3v) is 4.45. The van der Waals surface area contributed by atoms with E-state index in [1.54, 1.807) is 0 Å². The van der Waals surface area contributed by atoms with Crippen molar-refractivity contribution in [2.24, 2.45) is 0 Å². The van der Waals surface area contributed by atoms with E-state index < -0.39 is 0 Å². The maximum absolute atomic E-state index is 2.38. The molecule has 0 aromatic carbocycles. The molecule has 0 heterocycles. The van der Waals surface area contributed by atoms with Gasteiger partial charge in [-0.3, -0.25) is 0 Å². The maximum atomic E-state index is 2.38. The highest BCUT2D eigenvalue weighted by atomic mass is 35.5. The lowest BCUT2D eigenvalue weighted by molar-refractivity contribution is -0.890. The molecule has 0 unspecified atom stereocenters. The molecule has 21 heavy (non-hydrogen) atoms. The second-order valence-electron chi connectivity index (χ2n) is 7.27. The van der Waals surface area contributed by atoms with Crippen molar-refractivity contribution in [1.82, 2.24) is 0 Å². The molecule has 0 atom stereocenters. The number of rotatable bonds is 15. The van der Waals surface area contributed by atoms with E-state index >= 15 is 0 Å². The Labute approximate surface area is 141 Å². The first kappa shape index (κ1) is 23.5. The molecule has 0 radical (unpaired) electrons. The van der Waals surface area contributed by atoms with Crippen molar-refractivity contribution in [3.8, 4) is 0 Å². The van der Waals surface area contributed by atoms with Gasteiger partial charge in [-0.1, -0.05) is 78.1 Å². The number of nitrogens with zero attached hydrogens (tertiary/aromatic N) is 1. The quantitative estimate of drug-likeness (QED) is 0.321. The minimum Gasteiger partial charge on any atom is -1.00 e. The van der Waals surface area contributed by atoms with E-state index in [4.69, 9.17) is 0 Å². The van der Waals surface area contributed by atoms with Crippen molar-refractivity contribution >= 4 is 0 Å². The lowest BCUT2D eigenvalue weighted by Crippen LogP contribution is -3.00. The molecule has 0 rings (SSSR count). The number of hydrogen-bond donors (Lipinski definition) is 0. The Kier molecular flexibility index (Phi) is 18.6. The van der Waals surface area contributed by atoms with Crippen LogP contribution in [0.25, 0.3) is 0 Å². The average Bonchev–Trinajstić information content (AvgIpc) is 2.40. The number of halogens is 1. The van der Waals surface area contributed by atoms with Gasteiger partial charge in [-0.2, -0.15) is 0 Å². The van der Waals surface area contributed by atoms with Gasteiger partial charge in [-0.05, 0) is 19.3 Å². The molecule has 0 N–H and O–H groups in total. The smallest absolute Gasteiger partial charge is 0.0782 e. The summed E-state index contributed by atoms with van der Waals surface area (Å²) in [6.45, 7) is 7.29. The van der Waals surface area contributed by atoms with Crippen LogP contribution in [0.1, 0.15) is 97.3 Å². The van der Waals surface area contributed by atoms with Gasteiger partial charge >= 0.3 is 0 Å². The molecule has 0 aliphatic heterocycles. The van der Waals surface area contributed by atoms with Crippen LogP contribution in [0.3, 0.4) is 0 Å². The summed E-state index contributed by atoms with van der Waals surface area (Å²) in [4.78, 5) is 0. The molecule has 0 aliphatic rings. The fourth-order valence-corrected chi connectivity index (χ4v) is 3.10. The Balaban J connectivity index is 0. The van der Waals surface area contributed by atoms with Crippen molar-refractivity contribution in [3.63, 3.8) is 0 Å². The van der Waals surface area contributed by atoms with Gasteiger partial charge in [0.05, 0.1) is 27.2 Å². The van der Waals surface area contributed by atoms with Gasteiger partial charge in [0.15, 0.2) is 0 Å². The highest BCUT2D eigenvalue weighted by molar-refractivity contribution is 4.48. The lowest BCUT2D eigenvalue weighted by Gasteiger charge is -2.29. The summed E-state index contributed by atoms with van der Waals surface area (Å²) in [5.74, 6) is 0. The first-order chi connectivity index (χ1) is 9.62. The summed E-state index contributed by atoms with van der Waals surface area (Å²) >= 11 is 0. The normalized spacial score (nSPS) is 11.4. The average molecular weight is 320 g/mol. The molecule has 0 aromatic rings. The van der Waals surface area contributed by atoms with Crippen LogP contribution in [0, 0.1) is 0 Å². The topological polar surface area (TPSA) is 0 Å². The predicted octanol–water partition coefficient (Wildman–Crippen LogP) is 3.18. The summed E-state index contributed by atoms with van der Waals surface area (Å²) < 4.78 is 1.22. The van der Waals surface area contributed by atoms with E-state index in [0.717, 1.165) is 0 Å². The highest BCUT2D eigenvalue weighted by Gasteiger charge is 2.11. The fraction of sp³-hybridized carbons (Fsp3) is 1.00. The fourth-order valence-electron chi connectivity index (χ4n) is 3.10. The highest BCUT2D eigenvalue weighted by Crippen LogP contribution is 2.12. The van der Waals surface area contributed by atoms with Gasteiger partial charge in [0.25, 0.3) is 0 Å². The Hall–Kier alpha value is 0.250. The second kappa shape index (κ2) is 16.6. The Morgan fingerprint density at radius 1 is 0.476 bits per heavy atom. The Morgan fingerprint density at radius 3 is 1.24 bits per heavy atom. The van der Waals surface area contributed by atoms with E-state index in [1.165, 1.54) is 101 Å². The molecule has 0 amide bonds. The van der Waals surface area contributed by atoms with E-state index in [1.807, 2.05) is 0 Å². The van der Waals surface area contributed by atoms with Crippen LogP contribution in [0.2, 0.25) is 0 Å². The monoisotopic (exact) mass is 319 g/mol. The molecule has 0 spiro atoms. The van der Waals surface area contributed by atoms with Crippen molar-refractivity contribution in [2.45, 2.75) is 97.3 Å². The Bertz CT molecular complexity index is 192. The zero-order chi connectivity index (χ0) is 15.1. The zero-order valence-electron chi connectivity index (χ0n) is 15.4. The summed E-state index contributed by atoms with van der Waals surface area (Å²) in [6.07, 6.45) is 18.7. The largest absolute Gasteiger partial charge is 1.00 e. The van der Waals surface area contributed by atoms with Gasteiger partial charge in [-0.15, -0.1) is 0 Å². The standard InChI is InChI=1S/C19H42N.ClH/c1-5-7-8-9-10-11-12-13-14-15-16-17-19-20(3,4)18-6-2;/h5-19H2,1-4H3;1H/q+1;/p-1. The molecule has 0 saturated carbocycles. The maximum Gasteiger partial charge on any atom is 0.0782 e. The summed E-state index contributed by atoms with van der Waals surface area (Å²) in [5.41, 5.74) is 0. The van der Waals surface area contributed by atoms with Gasteiger partial charge in [0, 0.05) is 0 Å². The SMILES string of the molecule is CCCCCCCCCCCCCC[N+](C)(C)CCC.[Cl-]. The first-order valence-electron chi connectivity index (χ1n) is 9.44. The molecule has 2 heteroatoms. The minimum atomic E-state index is 0. The van der Waals surface area contributed by atoms with Gasteiger partial charge in [0.2, 0.25) is 0 Å². The van der Waals surface area contributed by atoms with Crippen LogP contribution < -0.4 is 12.4 Å².